The number of aryl methyl sites for hydroxylation is 1. The molecule has 0 saturated carbocycles. The highest BCUT2D eigenvalue weighted by molar-refractivity contribution is 7.89. The number of nitrogens with zero attached hydrogens (tertiary/aromatic N) is 1. The van der Waals surface area contributed by atoms with Crippen LogP contribution in [0.1, 0.15) is 25.3 Å². The molecule has 0 atom stereocenters. The summed E-state index contributed by atoms with van der Waals surface area (Å²) < 4.78 is 26.8. The number of hydrogen-bond donors (Lipinski definition) is 0. The molecule has 0 unspecified atom stereocenters. The molecule has 1 heterocycles. The Morgan fingerprint density at radius 3 is 2.42 bits per heavy atom. The standard InChI is InChI=1S/C15H17NO2S/c1-11-6-8-14(9-7-11)19(17,18)16-10-13-4-3-5-15(13)12(16)2/h4,6-9H,3,5,10H2,1-2H3. The number of fused-ring (bicyclic) bond motifs is 1. The first-order valence-electron chi connectivity index (χ1n) is 6.49. The number of rotatable bonds is 2. The van der Waals surface area contributed by atoms with Crippen LogP contribution in [0.5, 0.6) is 0 Å². The minimum absolute atomic E-state index is 0.374. The van der Waals surface area contributed by atoms with Gasteiger partial charge in [-0.05, 0) is 50.0 Å². The molecule has 0 aromatic heterocycles. The van der Waals surface area contributed by atoms with Crippen LogP contribution in [0, 0.1) is 6.92 Å². The van der Waals surface area contributed by atoms with Gasteiger partial charge in [-0.25, -0.2) is 8.42 Å². The first kappa shape index (κ1) is 12.5. The highest BCUT2D eigenvalue weighted by atomic mass is 32.2. The van der Waals surface area contributed by atoms with Crippen molar-refractivity contribution in [2.45, 2.75) is 31.6 Å². The molecule has 0 bridgehead atoms. The van der Waals surface area contributed by atoms with Crippen molar-refractivity contribution in [3.63, 3.8) is 0 Å². The molecule has 1 aliphatic carbocycles. The van der Waals surface area contributed by atoms with Crippen LogP contribution in [-0.4, -0.2) is 19.3 Å². The van der Waals surface area contributed by atoms with Gasteiger partial charge in [0.25, 0.3) is 10.0 Å². The molecule has 19 heavy (non-hydrogen) atoms. The van der Waals surface area contributed by atoms with Gasteiger partial charge in [-0.1, -0.05) is 23.8 Å². The largest absolute Gasteiger partial charge is 0.266 e. The normalized spacial score (nSPS) is 18.8. The van der Waals surface area contributed by atoms with E-state index in [9.17, 15) is 8.42 Å². The van der Waals surface area contributed by atoms with Crippen LogP contribution in [0.4, 0.5) is 0 Å². The topological polar surface area (TPSA) is 37.4 Å². The van der Waals surface area contributed by atoms with E-state index in [1.54, 1.807) is 12.1 Å². The Hall–Kier alpha value is -1.55. The highest BCUT2D eigenvalue weighted by Crippen LogP contribution is 2.38. The summed E-state index contributed by atoms with van der Waals surface area (Å²) in [7, 11) is -3.41. The molecule has 3 nitrogen and oxygen atoms in total. The van der Waals surface area contributed by atoms with E-state index in [0.717, 1.165) is 24.1 Å². The maximum absolute atomic E-state index is 12.7. The van der Waals surface area contributed by atoms with E-state index in [0.29, 0.717) is 11.4 Å². The molecular weight excluding hydrogens is 258 g/mol. The molecule has 0 fully saturated rings. The van der Waals surface area contributed by atoms with E-state index >= 15 is 0 Å². The summed E-state index contributed by atoms with van der Waals surface area (Å²) in [5.41, 5.74) is 4.36. The number of benzene rings is 1. The van der Waals surface area contributed by atoms with Crippen molar-refractivity contribution < 1.29 is 8.42 Å². The second-order valence-electron chi connectivity index (χ2n) is 5.16. The van der Waals surface area contributed by atoms with Crippen molar-refractivity contribution >= 4 is 10.0 Å². The Kier molecular flexibility index (Phi) is 2.78. The smallest absolute Gasteiger partial charge is 0.264 e. The zero-order chi connectivity index (χ0) is 13.6. The molecule has 2 aliphatic rings. The Labute approximate surface area is 114 Å². The van der Waals surface area contributed by atoms with E-state index in [1.165, 1.54) is 15.5 Å². The molecule has 100 valence electrons. The summed E-state index contributed by atoms with van der Waals surface area (Å²) in [6.07, 6.45) is 4.17. The minimum atomic E-state index is -3.41. The average Bonchev–Trinajstić information content (AvgIpc) is 2.93. The molecule has 1 aromatic carbocycles. The van der Waals surface area contributed by atoms with Crippen LogP contribution >= 0.6 is 0 Å². The van der Waals surface area contributed by atoms with Crippen molar-refractivity contribution in [2.24, 2.45) is 0 Å². The van der Waals surface area contributed by atoms with Gasteiger partial charge in [-0.3, -0.25) is 4.31 Å². The van der Waals surface area contributed by atoms with E-state index in [4.69, 9.17) is 0 Å². The minimum Gasteiger partial charge on any atom is -0.266 e. The number of hydrogen-bond acceptors (Lipinski definition) is 2. The van der Waals surface area contributed by atoms with Crippen LogP contribution in [0.2, 0.25) is 0 Å². The lowest BCUT2D eigenvalue weighted by molar-refractivity contribution is 0.510. The third kappa shape index (κ3) is 1.91. The van der Waals surface area contributed by atoms with Crippen molar-refractivity contribution in [3.05, 3.63) is 52.7 Å². The number of allylic oxidation sites excluding steroid dienone is 2. The molecule has 1 aromatic rings. The summed E-state index contributed by atoms with van der Waals surface area (Å²) in [5.74, 6) is 0. The van der Waals surface area contributed by atoms with E-state index in [1.807, 2.05) is 26.0 Å². The van der Waals surface area contributed by atoms with E-state index in [2.05, 4.69) is 6.08 Å². The summed E-state index contributed by atoms with van der Waals surface area (Å²) in [5, 5.41) is 0. The SMILES string of the molecule is CC1=C2CCC=C2CN1S(=O)(=O)c1ccc(C)cc1. The van der Waals surface area contributed by atoms with Gasteiger partial charge in [-0.2, -0.15) is 0 Å². The Morgan fingerprint density at radius 1 is 1.11 bits per heavy atom. The maximum Gasteiger partial charge on any atom is 0.264 e. The van der Waals surface area contributed by atoms with Crippen molar-refractivity contribution in [1.82, 2.24) is 4.31 Å². The van der Waals surface area contributed by atoms with Gasteiger partial charge in [0.15, 0.2) is 0 Å². The van der Waals surface area contributed by atoms with Crippen LogP contribution in [0.15, 0.2) is 52.1 Å². The van der Waals surface area contributed by atoms with Crippen molar-refractivity contribution in [3.8, 4) is 0 Å². The van der Waals surface area contributed by atoms with Gasteiger partial charge in [0.1, 0.15) is 0 Å². The van der Waals surface area contributed by atoms with Gasteiger partial charge in [-0.15, -0.1) is 0 Å². The lowest BCUT2D eigenvalue weighted by Crippen LogP contribution is -2.27. The molecule has 0 radical (unpaired) electrons. The van der Waals surface area contributed by atoms with Gasteiger partial charge in [0.2, 0.25) is 0 Å². The highest BCUT2D eigenvalue weighted by Gasteiger charge is 2.34. The van der Waals surface area contributed by atoms with Gasteiger partial charge in [0, 0.05) is 5.70 Å². The maximum atomic E-state index is 12.7. The van der Waals surface area contributed by atoms with Gasteiger partial charge in [0.05, 0.1) is 11.4 Å². The molecule has 0 saturated heterocycles. The predicted molar refractivity (Wildman–Crippen MR) is 75.1 cm³/mol. The molecule has 1 aliphatic heterocycles. The van der Waals surface area contributed by atoms with Crippen LogP contribution in [0.3, 0.4) is 0 Å². The molecule has 3 rings (SSSR count). The third-order valence-electron chi connectivity index (χ3n) is 3.91. The van der Waals surface area contributed by atoms with Crippen molar-refractivity contribution in [2.75, 3.05) is 6.54 Å². The van der Waals surface area contributed by atoms with E-state index < -0.39 is 10.0 Å². The Balaban J connectivity index is 2.01. The fraction of sp³-hybridized carbons (Fsp3) is 0.333. The lowest BCUT2D eigenvalue weighted by Gasteiger charge is -2.20. The second kappa shape index (κ2) is 4.23. The molecule has 0 amide bonds. The Bertz CT molecular complexity index is 681. The lowest BCUT2D eigenvalue weighted by atomic mass is 10.1. The van der Waals surface area contributed by atoms with Gasteiger partial charge < -0.3 is 0 Å². The quantitative estimate of drug-likeness (QED) is 0.832. The summed E-state index contributed by atoms with van der Waals surface area (Å²) >= 11 is 0. The number of sulfonamides is 1. The predicted octanol–water partition coefficient (Wildman–Crippen LogP) is 2.99. The average molecular weight is 275 g/mol. The Morgan fingerprint density at radius 2 is 1.79 bits per heavy atom. The zero-order valence-electron chi connectivity index (χ0n) is 11.2. The van der Waals surface area contributed by atoms with Crippen LogP contribution in [0.25, 0.3) is 0 Å². The zero-order valence-corrected chi connectivity index (χ0v) is 12.0. The first-order chi connectivity index (χ1) is 9.00. The summed E-state index contributed by atoms with van der Waals surface area (Å²) in [4.78, 5) is 0.374. The molecule has 0 N–H and O–H groups in total. The summed E-state index contributed by atoms with van der Waals surface area (Å²) in [6, 6.07) is 7.05. The molecule has 0 spiro atoms. The molecule has 4 heteroatoms. The third-order valence-corrected chi connectivity index (χ3v) is 5.76. The fourth-order valence-corrected chi connectivity index (χ4v) is 4.29. The van der Waals surface area contributed by atoms with Crippen LogP contribution < -0.4 is 0 Å². The first-order valence-corrected chi connectivity index (χ1v) is 7.93. The van der Waals surface area contributed by atoms with Crippen LogP contribution in [-0.2, 0) is 10.0 Å². The second-order valence-corrected chi connectivity index (χ2v) is 7.02. The summed E-state index contributed by atoms with van der Waals surface area (Å²) in [6.45, 7) is 4.36. The van der Waals surface area contributed by atoms with E-state index in [-0.39, 0.29) is 0 Å². The molecular formula is C15H17NO2S. The fourth-order valence-electron chi connectivity index (χ4n) is 2.77. The monoisotopic (exact) mass is 275 g/mol. The van der Waals surface area contributed by atoms with Crippen molar-refractivity contribution in [1.29, 1.82) is 0 Å². The van der Waals surface area contributed by atoms with Gasteiger partial charge >= 0.3 is 0 Å².